The third kappa shape index (κ3) is 2.82. The minimum Gasteiger partial charge on any atom is -0.263 e. The van der Waals surface area contributed by atoms with Crippen molar-refractivity contribution in [1.82, 2.24) is 9.97 Å². The molecule has 0 amide bonds. The van der Waals surface area contributed by atoms with E-state index in [0.29, 0.717) is 5.13 Å². The molecule has 0 aliphatic carbocycles. The Balaban J connectivity index is 2.28. The van der Waals surface area contributed by atoms with Gasteiger partial charge in [-0.2, -0.15) is 0 Å². The average molecular weight is 301 g/mol. The van der Waals surface area contributed by atoms with Gasteiger partial charge in [0, 0.05) is 12.4 Å². The van der Waals surface area contributed by atoms with E-state index in [1.54, 1.807) is 17.8 Å². The highest BCUT2D eigenvalue weighted by Crippen LogP contribution is 2.31. The molecule has 0 aliphatic heterocycles. The number of nitrogens with zero attached hydrogens (tertiary/aromatic N) is 2. The Kier molecular flexibility index (Phi) is 3.88. The molecule has 2 aromatic rings. The minimum atomic E-state index is -3.60. The Hall–Kier alpha value is -1.12. The van der Waals surface area contributed by atoms with Crippen molar-refractivity contribution in [3.8, 4) is 0 Å². The number of hydrogen-bond acceptors (Lipinski definition) is 6. The third-order valence-corrected chi connectivity index (χ3v) is 5.84. The fourth-order valence-corrected chi connectivity index (χ4v) is 4.10. The molecular formula is C10H11N3O2S3. The number of thiazole rings is 1. The predicted molar refractivity (Wildman–Crippen MR) is 73.7 cm³/mol. The first-order chi connectivity index (χ1) is 8.53. The molecule has 0 aliphatic rings. The third-order valence-electron chi connectivity index (χ3n) is 2.11. The summed E-state index contributed by atoms with van der Waals surface area (Å²) in [5.74, 6) is 0. The van der Waals surface area contributed by atoms with E-state index in [-0.39, 0.29) is 4.90 Å². The van der Waals surface area contributed by atoms with Crippen LogP contribution >= 0.6 is 23.1 Å². The van der Waals surface area contributed by atoms with Crippen LogP contribution in [0, 0.1) is 6.92 Å². The molecule has 8 heteroatoms. The lowest BCUT2D eigenvalue weighted by molar-refractivity contribution is 0.601. The highest BCUT2D eigenvalue weighted by molar-refractivity contribution is 8.00. The summed E-state index contributed by atoms with van der Waals surface area (Å²) in [5, 5.41) is 0.376. The Morgan fingerprint density at radius 1 is 1.44 bits per heavy atom. The van der Waals surface area contributed by atoms with E-state index in [1.807, 2.05) is 13.2 Å². The number of nitrogens with one attached hydrogen (secondary N) is 1. The Morgan fingerprint density at radius 2 is 2.22 bits per heavy atom. The lowest BCUT2D eigenvalue weighted by atomic mass is 10.5. The van der Waals surface area contributed by atoms with Crippen molar-refractivity contribution in [2.45, 2.75) is 16.0 Å². The summed E-state index contributed by atoms with van der Waals surface area (Å²) in [6, 6.07) is 3.07. The molecule has 5 nitrogen and oxygen atoms in total. The molecule has 96 valence electrons. The summed E-state index contributed by atoms with van der Waals surface area (Å²) in [6.07, 6.45) is 4.76. The quantitative estimate of drug-likeness (QED) is 0.878. The zero-order valence-electron chi connectivity index (χ0n) is 9.75. The molecule has 0 spiro atoms. The van der Waals surface area contributed by atoms with Gasteiger partial charge in [0.25, 0.3) is 10.0 Å². The van der Waals surface area contributed by atoms with E-state index in [9.17, 15) is 8.42 Å². The number of aryl methyl sites for hydroxylation is 1. The molecule has 0 bridgehead atoms. The monoisotopic (exact) mass is 301 g/mol. The van der Waals surface area contributed by atoms with E-state index in [0.717, 1.165) is 9.90 Å². The molecule has 2 aromatic heterocycles. The molecule has 0 atom stereocenters. The first-order valence-corrected chi connectivity index (χ1v) is 8.49. The van der Waals surface area contributed by atoms with Crippen molar-refractivity contribution in [3.63, 3.8) is 0 Å². The molecule has 0 unspecified atom stereocenters. The molecule has 0 aromatic carbocycles. The second kappa shape index (κ2) is 5.25. The van der Waals surface area contributed by atoms with Gasteiger partial charge in [-0.3, -0.25) is 9.71 Å². The summed E-state index contributed by atoms with van der Waals surface area (Å²) in [6.45, 7) is 1.85. The summed E-state index contributed by atoms with van der Waals surface area (Å²) in [7, 11) is -3.60. The number of sulfonamides is 1. The van der Waals surface area contributed by atoms with Gasteiger partial charge in [-0.1, -0.05) is 11.3 Å². The maximum absolute atomic E-state index is 12.0. The van der Waals surface area contributed by atoms with Crippen molar-refractivity contribution >= 4 is 38.3 Å². The molecule has 0 radical (unpaired) electrons. The first kappa shape index (κ1) is 13.3. The Bertz CT molecular complexity index is 638. The van der Waals surface area contributed by atoms with Crippen molar-refractivity contribution in [2.75, 3.05) is 11.0 Å². The molecule has 2 heterocycles. The van der Waals surface area contributed by atoms with E-state index >= 15 is 0 Å². The number of anilines is 1. The molecule has 0 saturated carbocycles. The molecule has 18 heavy (non-hydrogen) atoms. The number of pyridine rings is 1. The van der Waals surface area contributed by atoms with Crippen molar-refractivity contribution in [1.29, 1.82) is 0 Å². The van der Waals surface area contributed by atoms with Crippen LogP contribution in [0.25, 0.3) is 0 Å². The van der Waals surface area contributed by atoms with Crippen LogP contribution in [0.4, 0.5) is 5.13 Å². The summed E-state index contributed by atoms with van der Waals surface area (Å²) < 4.78 is 27.5. The van der Waals surface area contributed by atoms with E-state index < -0.39 is 10.0 Å². The highest BCUT2D eigenvalue weighted by atomic mass is 32.2. The van der Waals surface area contributed by atoms with Crippen molar-refractivity contribution in [3.05, 3.63) is 30.2 Å². The SMILES string of the molecule is CSc1sc(NS(=O)(=O)c2cccnc2)nc1C. The van der Waals surface area contributed by atoms with Gasteiger partial charge in [0.15, 0.2) is 5.13 Å². The van der Waals surface area contributed by atoms with Gasteiger partial charge in [0.1, 0.15) is 4.90 Å². The van der Waals surface area contributed by atoms with Gasteiger partial charge in [0.05, 0.1) is 9.90 Å². The van der Waals surface area contributed by atoms with Crippen LogP contribution in [-0.2, 0) is 10.0 Å². The van der Waals surface area contributed by atoms with Gasteiger partial charge >= 0.3 is 0 Å². The topological polar surface area (TPSA) is 72.0 Å². The fourth-order valence-electron chi connectivity index (χ4n) is 1.30. The highest BCUT2D eigenvalue weighted by Gasteiger charge is 2.17. The smallest absolute Gasteiger partial charge is 0.263 e. The number of rotatable bonds is 4. The predicted octanol–water partition coefficient (Wildman–Crippen LogP) is 2.37. The van der Waals surface area contributed by atoms with E-state index in [4.69, 9.17) is 0 Å². The average Bonchev–Trinajstić information content (AvgIpc) is 2.70. The van der Waals surface area contributed by atoms with E-state index in [2.05, 4.69) is 14.7 Å². The number of hydrogen-bond donors (Lipinski definition) is 1. The summed E-state index contributed by atoms with van der Waals surface area (Å²) >= 11 is 2.87. The summed E-state index contributed by atoms with van der Waals surface area (Å²) in [4.78, 5) is 8.10. The molecule has 0 fully saturated rings. The van der Waals surface area contributed by atoms with E-state index in [1.165, 1.54) is 29.8 Å². The van der Waals surface area contributed by atoms with Crippen LogP contribution in [0.15, 0.2) is 33.6 Å². The Labute approximate surface area is 114 Å². The second-order valence-corrected chi connectivity index (χ2v) is 7.15. The normalized spacial score (nSPS) is 11.4. The van der Waals surface area contributed by atoms with Crippen LogP contribution in [0.3, 0.4) is 0 Å². The van der Waals surface area contributed by atoms with Crippen LogP contribution in [0.5, 0.6) is 0 Å². The number of thioether (sulfide) groups is 1. The molecule has 0 saturated heterocycles. The van der Waals surface area contributed by atoms with Gasteiger partial charge in [-0.25, -0.2) is 13.4 Å². The van der Waals surface area contributed by atoms with Gasteiger partial charge < -0.3 is 0 Å². The minimum absolute atomic E-state index is 0.128. The zero-order valence-corrected chi connectivity index (χ0v) is 12.2. The second-order valence-electron chi connectivity index (χ2n) is 3.39. The molecule has 1 N–H and O–H groups in total. The van der Waals surface area contributed by atoms with Crippen LogP contribution < -0.4 is 4.72 Å². The van der Waals surface area contributed by atoms with Crippen LogP contribution in [0.2, 0.25) is 0 Å². The zero-order chi connectivity index (χ0) is 13.2. The van der Waals surface area contributed by atoms with Gasteiger partial charge in [-0.05, 0) is 25.3 Å². The maximum Gasteiger partial charge on any atom is 0.265 e. The summed E-state index contributed by atoms with van der Waals surface area (Å²) in [5.41, 5.74) is 0.830. The Morgan fingerprint density at radius 3 is 2.78 bits per heavy atom. The van der Waals surface area contributed by atoms with Gasteiger partial charge in [0.2, 0.25) is 0 Å². The van der Waals surface area contributed by atoms with Crippen LogP contribution in [0.1, 0.15) is 5.69 Å². The van der Waals surface area contributed by atoms with Crippen LogP contribution in [-0.4, -0.2) is 24.6 Å². The standard InChI is InChI=1S/C10H11N3O2S3/c1-7-9(16-2)17-10(12-7)13-18(14,15)8-4-3-5-11-6-8/h3-6H,1-2H3,(H,12,13). The fraction of sp³-hybridized carbons (Fsp3) is 0.200. The molecule has 2 rings (SSSR count). The number of aromatic nitrogens is 2. The lowest BCUT2D eigenvalue weighted by Gasteiger charge is -2.03. The maximum atomic E-state index is 12.0. The lowest BCUT2D eigenvalue weighted by Crippen LogP contribution is -2.12. The van der Waals surface area contributed by atoms with Crippen molar-refractivity contribution in [2.24, 2.45) is 0 Å². The van der Waals surface area contributed by atoms with Gasteiger partial charge in [-0.15, -0.1) is 11.8 Å². The largest absolute Gasteiger partial charge is 0.265 e. The molecular weight excluding hydrogens is 290 g/mol. The van der Waals surface area contributed by atoms with Crippen molar-refractivity contribution < 1.29 is 8.42 Å². The first-order valence-electron chi connectivity index (χ1n) is 4.97.